The van der Waals surface area contributed by atoms with Gasteiger partial charge in [-0.05, 0) is 55.3 Å². The van der Waals surface area contributed by atoms with Gasteiger partial charge in [0.2, 0.25) is 5.91 Å². The third-order valence-electron chi connectivity index (χ3n) is 5.14. The zero-order valence-corrected chi connectivity index (χ0v) is 16.9. The summed E-state index contributed by atoms with van der Waals surface area (Å²) in [4.78, 5) is 12.3. The third kappa shape index (κ3) is 7.02. The van der Waals surface area contributed by atoms with Crippen LogP contribution in [0.5, 0.6) is 0 Å². The number of hydrogen-bond donors (Lipinski definition) is 3. The highest BCUT2D eigenvalue weighted by Gasteiger charge is 2.43. The molecule has 1 amide bonds. The van der Waals surface area contributed by atoms with Gasteiger partial charge in [-0.1, -0.05) is 38.1 Å². The van der Waals surface area contributed by atoms with Crippen LogP contribution in [0.25, 0.3) is 0 Å². The number of nitriles is 1. The van der Waals surface area contributed by atoms with Crippen LogP contribution in [0.2, 0.25) is 0 Å². The largest absolute Gasteiger partial charge is 0.407 e. The molecule has 1 aliphatic heterocycles. The Balaban J connectivity index is 2.20. The molecule has 29 heavy (non-hydrogen) atoms. The van der Waals surface area contributed by atoms with E-state index < -0.39 is 24.2 Å². The van der Waals surface area contributed by atoms with E-state index in [1.54, 1.807) is 18.2 Å². The lowest BCUT2D eigenvalue weighted by Crippen LogP contribution is -2.49. The molecule has 0 aromatic heterocycles. The van der Waals surface area contributed by atoms with E-state index in [1.807, 2.05) is 13.8 Å². The summed E-state index contributed by atoms with van der Waals surface area (Å²) in [6, 6.07) is 5.30. The summed E-state index contributed by atoms with van der Waals surface area (Å²) >= 11 is 0. The van der Waals surface area contributed by atoms with Crippen LogP contribution in [0, 0.1) is 17.2 Å². The minimum absolute atomic E-state index is 0.0107. The van der Waals surface area contributed by atoms with Crippen molar-refractivity contribution < 1.29 is 18.0 Å². The van der Waals surface area contributed by atoms with E-state index in [1.165, 1.54) is 12.1 Å². The van der Waals surface area contributed by atoms with E-state index in [9.17, 15) is 18.0 Å². The number of nitrogens with zero attached hydrogens (tertiary/aromatic N) is 1. The van der Waals surface area contributed by atoms with Crippen molar-refractivity contribution in [2.45, 2.75) is 57.3 Å². The zero-order valence-electron chi connectivity index (χ0n) is 16.9. The molecule has 1 fully saturated rings. The lowest BCUT2D eigenvalue weighted by molar-refractivity contribution is -0.161. The third-order valence-corrected chi connectivity index (χ3v) is 5.14. The van der Waals surface area contributed by atoms with Gasteiger partial charge in [-0.2, -0.15) is 18.4 Å². The van der Waals surface area contributed by atoms with Crippen molar-refractivity contribution >= 4 is 5.91 Å². The highest BCUT2D eigenvalue weighted by molar-refractivity contribution is 5.82. The maximum atomic E-state index is 13.8. The van der Waals surface area contributed by atoms with Gasteiger partial charge in [0, 0.05) is 0 Å². The number of carbonyl (C=O) groups excluding carboxylic acids is 1. The summed E-state index contributed by atoms with van der Waals surface area (Å²) in [6.07, 6.45) is -2.39. The molecule has 2 rings (SSSR count). The highest BCUT2D eigenvalue weighted by atomic mass is 19.4. The van der Waals surface area contributed by atoms with E-state index in [0.29, 0.717) is 5.92 Å². The SMILES string of the molecule is CC(C)C[C@H](NC(c1ccc(C2CCNCC2)cc1)C(F)(F)F)C(=O)NCC#N. The molecule has 0 saturated carbocycles. The second-order valence-corrected chi connectivity index (χ2v) is 7.89. The molecule has 1 heterocycles. The maximum absolute atomic E-state index is 13.8. The molecule has 1 unspecified atom stereocenters. The number of carbonyl (C=O) groups is 1. The minimum Gasteiger partial charge on any atom is -0.342 e. The van der Waals surface area contributed by atoms with Crippen LogP contribution in [0.4, 0.5) is 13.2 Å². The summed E-state index contributed by atoms with van der Waals surface area (Å²) in [5.74, 6) is -0.231. The Morgan fingerprint density at radius 3 is 2.38 bits per heavy atom. The van der Waals surface area contributed by atoms with Crippen LogP contribution in [0.15, 0.2) is 24.3 Å². The molecule has 0 spiro atoms. The Labute approximate surface area is 170 Å². The second kappa shape index (κ2) is 10.6. The Bertz CT molecular complexity index is 691. The number of benzene rings is 1. The fraction of sp³-hybridized carbons (Fsp3) is 0.619. The molecule has 0 aliphatic carbocycles. The van der Waals surface area contributed by atoms with E-state index in [-0.39, 0.29) is 24.4 Å². The number of amides is 1. The normalized spacial score (nSPS) is 17.6. The fourth-order valence-electron chi connectivity index (χ4n) is 3.67. The predicted molar refractivity (Wildman–Crippen MR) is 105 cm³/mol. The zero-order chi connectivity index (χ0) is 21.4. The Morgan fingerprint density at radius 1 is 1.24 bits per heavy atom. The van der Waals surface area contributed by atoms with Crippen LogP contribution >= 0.6 is 0 Å². The standard InChI is InChI=1S/C21H29F3N4O/c1-14(2)13-18(20(29)27-12-9-25)28-19(21(22,23)24)17-5-3-15(4-6-17)16-7-10-26-11-8-16/h3-6,14,16,18-19,26,28H,7-8,10-13H2,1-2H3,(H,27,29)/t18-,19?/m0/s1. The molecule has 1 aliphatic rings. The fourth-order valence-corrected chi connectivity index (χ4v) is 3.67. The van der Waals surface area contributed by atoms with Gasteiger partial charge in [0.1, 0.15) is 12.6 Å². The van der Waals surface area contributed by atoms with Gasteiger partial charge in [0.15, 0.2) is 0 Å². The van der Waals surface area contributed by atoms with E-state index in [4.69, 9.17) is 5.26 Å². The monoisotopic (exact) mass is 410 g/mol. The molecule has 1 saturated heterocycles. The van der Waals surface area contributed by atoms with Gasteiger partial charge in [0.05, 0.1) is 12.1 Å². The molecular formula is C21H29F3N4O. The van der Waals surface area contributed by atoms with Crippen molar-refractivity contribution in [2.75, 3.05) is 19.6 Å². The Kier molecular flexibility index (Phi) is 8.47. The highest BCUT2D eigenvalue weighted by Crippen LogP contribution is 2.35. The summed E-state index contributed by atoms with van der Waals surface area (Å²) < 4.78 is 41.5. The molecule has 8 heteroatoms. The smallest absolute Gasteiger partial charge is 0.342 e. The van der Waals surface area contributed by atoms with Crippen LogP contribution < -0.4 is 16.0 Å². The molecule has 1 aromatic rings. The molecule has 160 valence electrons. The van der Waals surface area contributed by atoms with Crippen molar-refractivity contribution in [3.63, 3.8) is 0 Å². The molecule has 3 N–H and O–H groups in total. The number of piperidine rings is 1. The van der Waals surface area contributed by atoms with Crippen molar-refractivity contribution in [2.24, 2.45) is 5.92 Å². The molecule has 1 aromatic carbocycles. The van der Waals surface area contributed by atoms with Crippen molar-refractivity contribution in [3.8, 4) is 6.07 Å². The first-order chi connectivity index (χ1) is 13.7. The predicted octanol–water partition coefficient (Wildman–Crippen LogP) is 3.40. The van der Waals surface area contributed by atoms with Gasteiger partial charge in [-0.15, -0.1) is 0 Å². The quantitative estimate of drug-likeness (QED) is 0.574. The lowest BCUT2D eigenvalue weighted by atomic mass is 9.89. The van der Waals surface area contributed by atoms with Crippen molar-refractivity contribution in [1.29, 1.82) is 5.26 Å². The van der Waals surface area contributed by atoms with Gasteiger partial charge >= 0.3 is 6.18 Å². The first kappa shape index (κ1) is 23.2. The summed E-state index contributed by atoms with van der Waals surface area (Å²) in [7, 11) is 0. The van der Waals surface area contributed by atoms with Crippen LogP contribution in [-0.4, -0.2) is 37.8 Å². The summed E-state index contributed by atoms with van der Waals surface area (Å²) in [6.45, 7) is 5.25. The molecule has 0 radical (unpaired) electrons. The molecule has 5 nitrogen and oxygen atoms in total. The van der Waals surface area contributed by atoms with E-state index >= 15 is 0 Å². The van der Waals surface area contributed by atoms with Gasteiger partial charge in [0.25, 0.3) is 0 Å². The summed E-state index contributed by atoms with van der Waals surface area (Å²) in [5, 5.41) is 16.8. The van der Waals surface area contributed by atoms with Gasteiger partial charge in [-0.3, -0.25) is 10.1 Å². The van der Waals surface area contributed by atoms with Crippen LogP contribution in [0.1, 0.15) is 56.2 Å². The number of nitrogens with one attached hydrogen (secondary N) is 3. The Hall–Kier alpha value is -2.11. The van der Waals surface area contributed by atoms with Gasteiger partial charge in [-0.25, -0.2) is 0 Å². The first-order valence-corrected chi connectivity index (χ1v) is 10.0. The van der Waals surface area contributed by atoms with Crippen LogP contribution in [-0.2, 0) is 4.79 Å². The summed E-state index contributed by atoms with van der Waals surface area (Å²) in [5.41, 5.74) is 1.12. The van der Waals surface area contributed by atoms with Gasteiger partial charge < -0.3 is 10.6 Å². The maximum Gasteiger partial charge on any atom is 0.407 e. The Morgan fingerprint density at radius 2 is 1.86 bits per heavy atom. The van der Waals surface area contributed by atoms with Crippen molar-refractivity contribution in [3.05, 3.63) is 35.4 Å². The average Bonchev–Trinajstić information content (AvgIpc) is 2.69. The first-order valence-electron chi connectivity index (χ1n) is 10.0. The number of rotatable bonds is 8. The molecular weight excluding hydrogens is 381 g/mol. The molecule has 0 bridgehead atoms. The minimum atomic E-state index is -4.55. The van der Waals surface area contributed by atoms with Crippen molar-refractivity contribution in [1.82, 2.24) is 16.0 Å². The number of alkyl halides is 3. The average molecular weight is 410 g/mol. The topological polar surface area (TPSA) is 76.9 Å². The molecule has 2 atom stereocenters. The number of halogens is 3. The number of hydrogen-bond acceptors (Lipinski definition) is 4. The lowest BCUT2D eigenvalue weighted by Gasteiger charge is -2.29. The second-order valence-electron chi connectivity index (χ2n) is 7.89. The van der Waals surface area contributed by atoms with E-state index in [0.717, 1.165) is 31.5 Å². The van der Waals surface area contributed by atoms with Crippen LogP contribution in [0.3, 0.4) is 0 Å². The van der Waals surface area contributed by atoms with E-state index in [2.05, 4.69) is 16.0 Å².